The van der Waals surface area contributed by atoms with Crippen LogP contribution in [0.1, 0.15) is 23.2 Å². The Bertz CT molecular complexity index is 1030. The maximum Gasteiger partial charge on any atom is 0.257 e. The SMILES string of the molecule is COc1ccc(NC(=O)c2ccccc2NC(=O)CN2CCN(CC(=O)N3CCCC3)CC2)cc1. The summed E-state index contributed by atoms with van der Waals surface area (Å²) in [6, 6.07) is 14.0. The van der Waals surface area contributed by atoms with Crippen molar-refractivity contribution in [1.82, 2.24) is 14.7 Å². The molecule has 2 aliphatic rings. The van der Waals surface area contributed by atoms with Crippen molar-refractivity contribution in [2.24, 2.45) is 0 Å². The normalized spacial score (nSPS) is 16.7. The van der Waals surface area contributed by atoms with Gasteiger partial charge in [0.25, 0.3) is 5.91 Å². The fourth-order valence-electron chi connectivity index (χ4n) is 4.42. The van der Waals surface area contributed by atoms with Crippen molar-refractivity contribution in [3.8, 4) is 5.75 Å². The van der Waals surface area contributed by atoms with Crippen molar-refractivity contribution in [3.05, 3.63) is 54.1 Å². The van der Waals surface area contributed by atoms with E-state index >= 15 is 0 Å². The largest absolute Gasteiger partial charge is 0.497 e. The number of benzene rings is 2. The number of nitrogens with one attached hydrogen (secondary N) is 2. The van der Waals surface area contributed by atoms with E-state index in [-0.39, 0.29) is 24.3 Å². The summed E-state index contributed by atoms with van der Waals surface area (Å²) in [5.74, 6) is 0.437. The van der Waals surface area contributed by atoms with E-state index in [0.29, 0.717) is 29.2 Å². The van der Waals surface area contributed by atoms with Crippen molar-refractivity contribution >= 4 is 29.1 Å². The first-order valence-corrected chi connectivity index (χ1v) is 12.1. The molecular weight excluding hydrogens is 446 g/mol. The molecule has 9 heteroatoms. The number of hydrogen-bond donors (Lipinski definition) is 2. The lowest BCUT2D eigenvalue weighted by molar-refractivity contribution is -0.132. The summed E-state index contributed by atoms with van der Waals surface area (Å²) in [4.78, 5) is 44.1. The number of methoxy groups -OCH3 is 1. The molecule has 9 nitrogen and oxygen atoms in total. The van der Waals surface area contributed by atoms with Gasteiger partial charge in [0, 0.05) is 45.0 Å². The highest BCUT2D eigenvalue weighted by molar-refractivity contribution is 6.10. The van der Waals surface area contributed by atoms with E-state index in [1.165, 1.54) is 0 Å². The number of piperazine rings is 1. The average Bonchev–Trinajstić information content (AvgIpc) is 3.41. The van der Waals surface area contributed by atoms with Gasteiger partial charge in [0.15, 0.2) is 0 Å². The third-order valence-corrected chi connectivity index (χ3v) is 6.44. The van der Waals surface area contributed by atoms with E-state index in [0.717, 1.165) is 52.1 Å². The molecule has 2 heterocycles. The van der Waals surface area contributed by atoms with Crippen molar-refractivity contribution in [1.29, 1.82) is 0 Å². The van der Waals surface area contributed by atoms with Gasteiger partial charge in [0.05, 0.1) is 31.5 Å². The number of ether oxygens (including phenoxy) is 1. The van der Waals surface area contributed by atoms with Crippen LogP contribution in [0.25, 0.3) is 0 Å². The number of rotatable bonds is 8. The Balaban J connectivity index is 1.26. The van der Waals surface area contributed by atoms with Gasteiger partial charge in [-0.3, -0.25) is 24.2 Å². The molecule has 2 fully saturated rings. The molecule has 0 aliphatic carbocycles. The number of likely N-dealkylation sites (tertiary alicyclic amines) is 1. The first-order valence-electron chi connectivity index (χ1n) is 12.1. The minimum Gasteiger partial charge on any atom is -0.497 e. The number of carbonyl (C=O) groups is 3. The summed E-state index contributed by atoms with van der Waals surface area (Å²) >= 11 is 0. The van der Waals surface area contributed by atoms with Gasteiger partial charge >= 0.3 is 0 Å². The first kappa shape index (κ1) is 24.7. The van der Waals surface area contributed by atoms with E-state index in [1.807, 2.05) is 4.90 Å². The average molecular weight is 480 g/mol. The Labute approximate surface area is 206 Å². The molecule has 2 saturated heterocycles. The maximum atomic E-state index is 12.8. The third-order valence-electron chi connectivity index (χ3n) is 6.44. The molecule has 2 aromatic rings. The Kier molecular flexibility index (Phi) is 8.33. The number of carbonyl (C=O) groups excluding carboxylic acids is 3. The van der Waals surface area contributed by atoms with E-state index in [9.17, 15) is 14.4 Å². The van der Waals surface area contributed by atoms with Crippen LogP contribution in [0.5, 0.6) is 5.75 Å². The topological polar surface area (TPSA) is 94.2 Å². The van der Waals surface area contributed by atoms with E-state index in [1.54, 1.807) is 55.6 Å². The van der Waals surface area contributed by atoms with Gasteiger partial charge in [0.1, 0.15) is 5.75 Å². The van der Waals surface area contributed by atoms with Crippen LogP contribution in [0.4, 0.5) is 11.4 Å². The van der Waals surface area contributed by atoms with Crippen molar-refractivity contribution in [2.75, 3.05) is 70.1 Å². The molecule has 2 aromatic carbocycles. The second-order valence-corrected chi connectivity index (χ2v) is 8.92. The van der Waals surface area contributed by atoms with Crippen molar-refractivity contribution in [2.45, 2.75) is 12.8 Å². The smallest absolute Gasteiger partial charge is 0.257 e. The van der Waals surface area contributed by atoms with Crippen LogP contribution >= 0.6 is 0 Å². The Morgan fingerprint density at radius 3 is 2.09 bits per heavy atom. The highest BCUT2D eigenvalue weighted by Gasteiger charge is 2.24. The molecule has 0 spiro atoms. The van der Waals surface area contributed by atoms with Gasteiger partial charge in [-0.2, -0.15) is 0 Å². The van der Waals surface area contributed by atoms with Crippen molar-refractivity contribution in [3.63, 3.8) is 0 Å². The van der Waals surface area contributed by atoms with Gasteiger partial charge in [0.2, 0.25) is 11.8 Å². The molecule has 35 heavy (non-hydrogen) atoms. The molecule has 4 rings (SSSR count). The number of para-hydroxylation sites is 1. The lowest BCUT2D eigenvalue weighted by atomic mass is 10.1. The molecule has 0 aromatic heterocycles. The van der Waals surface area contributed by atoms with E-state index in [4.69, 9.17) is 4.74 Å². The second kappa shape index (κ2) is 11.8. The molecule has 2 N–H and O–H groups in total. The predicted molar refractivity (Wildman–Crippen MR) is 135 cm³/mol. The third kappa shape index (κ3) is 6.80. The second-order valence-electron chi connectivity index (χ2n) is 8.92. The molecular formula is C26H33N5O4. The summed E-state index contributed by atoms with van der Waals surface area (Å²) < 4.78 is 5.14. The highest BCUT2D eigenvalue weighted by Crippen LogP contribution is 2.20. The van der Waals surface area contributed by atoms with E-state index < -0.39 is 0 Å². The Morgan fingerprint density at radius 2 is 1.43 bits per heavy atom. The fourth-order valence-corrected chi connectivity index (χ4v) is 4.42. The summed E-state index contributed by atoms with van der Waals surface area (Å²) in [6.45, 7) is 5.40. The monoisotopic (exact) mass is 479 g/mol. The molecule has 0 bridgehead atoms. The number of nitrogens with zero attached hydrogens (tertiary/aromatic N) is 3. The van der Waals surface area contributed by atoms with Crippen LogP contribution < -0.4 is 15.4 Å². The summed E-state index contributed by atoms with van der Waals surface area (Å²) in [6.07, 6.45) is 2.20. The minimum atomic E-state index is -0.303. The lowest BCUT2D eigenvalue weighted by Gasteiger charge is -2.34. The Hall–Kier alpha value is -3.43. The van der Waals surface area contributed by atoms with Crippen LogP contribution in [0, 0.1) is 0 Å². The van der Waals surface area contributed by atoms with Gasteiger partial charge in [-0.15, -0.1) is 0 Å². The molecule has 2 aliphatic heterocycles. The summed E-state index contributed by atoms with van der Waals surface area (Å²) in [7, 11) is 1.59. The molecule has 0 saturated carbocycles. The number of hydrogen-bond acceptors (Lipinski definition) is 6. The fraction of sp³-hybridized carbons (Fsp3) is 0.423. The minimum absolute atomic E-state index is 0.170. The van der Waals surface area contributed by atoms with Crippen LogP contribution in [-0.2, 0) is 9.59 Å². The standard InChI is InChI=1S/C26H33N5O4/c1-35-21-10-8-20(9-11-21)27-26(34)22-6-2-3-7-23(22)28-24(32)18-29-14-16-30(17-15-29)19-25(33)31-12-4-5-13-31/h2-3,6-11H,4-5,12-19H2,1H3,(H,27,34)(H,28,32). The van der Waals surface area contributed by atoms with Crippen LogP contribution in [0.3, 0.4) is 0 Å². The van der Waals surface area contributed by atoms with Gasteiger partial charge < -0.3 is 20.3 Å². The zero-order valence-electron chi connectivity index (χ0n) is 20.2. The van der Waals surface area contributed by atoms with E-state index in [2.05, 4.69) is 20.4 Å². The highest BCUT2D eigenvalue weighted by atomic mass is 16.5. The summed E-state index contributed by atoms with van der Waals surface area (Å²) in [5, 5.41) is 5.74. The van der Waals surface area contributed by atoms with Gasteiger partial charge in [-0.25, -0.2) is 0 Å². The summed E-state index contributed by atoms with van der Waals surface area (Å²) in [5.41, 5.74) is 1.50. The van der Waals surface area contributed by atoms with Crippen molar-refractivity contribution < 1.29 is 19.1 Å². The molecule has 0 atom stereocenters. The molecule has 0 radical (unpaired) electrons. The molecule has 0 unspecified atom stereocenters. The molecule has 186 valence electrons. The number of amides is 3. The lowest BCUT2D eigenvalue weighted by Crippen LogP contribution is -2.51. The zero-order valence-corrected chi connectivity index (χ0v) is 20.2. The molecule has 3 amide bonds. The van der Waals surface area contributed by atoms with Crippen LogP contribution in [0.2, 0.25) is 0 Å². The van der Waals surface area contributed by atoms with Gasteiger partial charge in [-0.1, -0.05) is 12.1 Å². The quantitative estimate of drug-likeness (QED) is 0.603. The van der Waals surface area contributed by atoms with Crippen LogP contribution in [0.15, 0.2) is 48.5 Å². The maximum absolute atomic E-state index is 12.8. The van der Waals surface area contributed by atoms with Gasteiger partial charge in [-0.05, 0) is 49.2 Å². The number of anilines is 2. The Morgan fingerprint density at radius 1 is 0.800 bits per heavy atom. The first-order chi connectivity index (χ1) is 17.0. The van der Waals surface area contributed by atoms with Crippen LogP contribution in [-0.4, -0.2) is 91.9 Å². The zero-order chi connectivity index (χ0) is 24.6. The predicted octanol–water partition coefficient (Wildman–Crippen LogP) is 2.13.